The molecule has 0 fully saturated rings. The number of pyridine rings is 1. The number of rotatable bonds is 6. The smallest absolute Gasteiger partial charge is 0.272 e. The van der Waals surface area contributed by atoms with Gasteiger partial charge in [-0.3, -0.25) is 4.79 Å². The summed E-state index contributed by atoms with van der Waals surface area (Å²) in [5, 5.41) is 5.21. The second-order valence-corrected chi connectivity index (χ2v) is 5.55. The maximum absolute atomic E-state index is 12.2. The van der Waals surface area contributed by atoms with E-state index in [9.17, 15) is 4.79 Å². The predicted molar refractivity (Wildman–Crippen MR) is 83.4 cm³/mol. The summed E-state index contributed by atoms with van der Waals surface area (Å²) < 4.78 is 0. The van der Waals surface area contributed by atoms with E-state index in [-0.39, 0.29) is 5.91 Å². The topological polar surface area (TPSA) is 45.2 Å². The Morgan fingerprint density at radius 1 is 1.40 bits per heavy atom. The zero-order chi connectivity index (χ0) is 14.4. The first-order valence-electron chi connectivity index (χ1n) is 6.68. The van der Waals surface area contributed by atoms with Gasteiger partial charge in [0.1, 0.15) is 5.69 Å². The number of carbonyl (C=O) groups is 1. The largest absolute Gasteiger partial charge is 0.384 e. The lowest BCUT2D eigenvalue weighted by Crippen LogP contribution is -2.29. The lowest BCUT2D eigenvalue weighted by molar-refractivity contribution is 0.0791. The van der Waals surface area contributed by atoms with Crippen molar-refractivity contribution in [1.29, 1.82) is 0 Å². The maximum atomic E-state index is 12.2. The molecule has 5 heteroatoms. The SMILES string of the molecule is CCNc1ccc(C(=O)N(C)CCc2cccs2)nc1. The van der Waals surface area contributed by atoms with Crippen LogP contribution in [0.5, 0.6) is 0 Å². The van der Waals surface area contributed by atoms with Crippen LogP contribution in [0.2, 0.25) is 0 Å². The highest BCUT2D eigenvalue weighted by Gasteiger charge is 2.12. The first-order valence-corrected chi connectivity index (χ1v) is 7.56. The first kappa shape index (κ1) is 14.5. The molecule has 106 valence electrons. The molecule has 0 saturated heterocycles. The van der Waals surface area contributed by atoms with Gasteiger partial charge in [-0.15, -0.1) is 11.3 Å². The number of anilines is 1. The average molecular weight is 289 g/mol. The van der Waals surface area contributed by atoms with Gasteiger partial charge in [-0.2, -0.15) is 0 Å². The summed E-state index contributed by atoms with van der Waals surface area (Å²) in [5.41, 5.74) is 1.42. The van der Waals surface area contributed by atoms with Crippen LogP contribution in [0.25, 0.3) is 0 Å². The molecule has 0 saturated carbocycles. The molecule has 0 aromatic carbocycles. The minimum absolute atomic E-state index is 0.0374. The summed E-state index contributed by atoms with van der Waals surface area (Å²) in [4.78, 5) is 19.4. The van der Waals surface area contributed by atoms with Crippen molar-refractivity contribution in [3.05, 3.63) is 46.4 Å². The fourth-order valence-corrected chi connectivity index (χ4v) is 2.56. The zero-order valence-electron chi connectivity index (χ0n) is 11.8. The molecule has 2 heterocycles. The summed E-state index contributed by atoms with van der Waals surface area (Å²) in [7, 11) is 1.82. The van der Waals surface area contributed by atoms with Gasteiger partial charge in [-0.05, 0) is 36.9 Å². The Balaban J connectivity index is 1.92. The molecule has 0 aliphatic rings. The number of hydrogen-bond acceptors (Lipinski definition) is 4. The van der Waals surface area contributed by atoms with Crippen LogP contribution in [0.15, 0.2) is 35.8 Å². The molecule has 0 spiro atoms. The van der Waals surface area contributed by atoms with Crippen molar-refractivity contribution in [2.75, 3.05) is 25.5 Å². The van der Waals surface area contributed by atoms with Gasteiger partial charge in [-0.1, -0.05) is 6.07 Å². The number of nitrogens with one attached hydrogen (secondary N) is 1. The van der Waals surface area contributed by atoms with E-state index in [2.05, 4.69) is 21.7 Å². The maximum Gasteiger partial charge on any atom is 0.272 e. The van der Waals surface area contributed by atoms with E-state index in [1.807, 2.05) is 26.1 Å². The quantitative estimate of drug-likeness (QED) is 0.889. The third-order valence-electron chi connectivity index (χ3n) is 2.98. The number of carbonyl (C=O) groups excluding carboxylic acids is 1. The molecule has 0 bridgehead atoms. The number of aromatic nitrogens is 1. The van der Waals surface area contributed by atoms with E-state index in [1.54, 1.807) is 28.5 Å². The van der Waals surface area contributed by atoms with Crippen molar-refractivity contribution in [2.45, 2.75) is 13.3 Å². The third kappa shape index (κ3) is 3.81. The van der Waals surface area contributed by atoms with Crippen molar-refractivity contribution in [3.63, 3.8) is 0 Å². The van der Waals surface area contributed by atoms with Crippen LogP contribution in [-0.2, 0) is 6.42 Å². The minimum atomic E-state index is -0.0374. The van der Waals surface area contributed by atoms with Crippen LogP contribution in [-0.4, -0.2) is 35.9 Å². The molecule has 1 amide bonds. The molecule has 0 aliphatic carbocycles. The highest BCUT2D eigenvalue weighted by atomic mass is 32.1. The van der Waals surface area contributed by atoms with Crippen LogP contribution in [0.4, 0.5) is 5.69 Å². The highest BCUT2D eigenvalue weighted by molar-refractivity contribution is 7.09. The molecule has 0 radical (unpaired) electrons. The van der Waals surface area contributed by atoms with Gasteiger partial charge in [0.15, 0.2) is 0 Å². The van der Waals surface area contributed by atoms with Gasteiger partial charge in [0.05, 0.1) is 11.9 Å². The molecule has 2 rings (SSSR count). The van der Waals surface area contributed by atoms with Crippen LogP contribution in [0.1, 0.15) is 22.3 Å². The number of thiophene rings is 1. The summed E-state index contributed by atoms with van der Waals surface area (Å²) in [6.45, 7) is 3.57. The first-order chi connectivity index (χ1) is 9.70. The Morgan fingerprint density at radius 2 is 2.25 bits per heavy atom. The van der Waals surface area contributed by atoms with Gasteiger partial charge in [0, 0.05) is 25.0 Å². The summed E-state index contributed by atoms with van der Waals surface area (Å²) in [5.74, 6) is -0.0374. The molecule has 2 aromatic rings. The van der Waals surface area contributed by atoms with Crippen molar-refractivity contribution in [2.24, 2.45) is 0 Å². The van der Waals surface area contributed by atoms with E-state index >= 15 is 0 Å². The van der Waals surface area contributed by atoms with Crippen LogP contribution >= 0.6 is 11.3 Å². The van der Waals surface area contributed by atoms with Gasteiger partial charge < -0.3 is 10.2 Å². The predicted octanol–water partition coefficient (Wildman–Crippen LogP) is 2.89. The molecule has 0 aliphatic heterocycles. The Kier molecular flexibility index (Phi) is 5.12. The van der Waals surface area contributed by atoms with E-state index < -0.39 is 0 Å². The molecule has 2 aromatic heterocycles. The van der Waals surface area contributed by atoms with Crippen LogP contribution in [0.3, 0.4) is 0 Å². The minimum Gasteiger partial charge on any atom is -0.384 e. The van der Waals surface area contributed by atoms with Crippen molar-refractivity contribution in [1.82, 2.24) is 9.88 Å². The Bertz CT molecular complexity index is 537. The molecule has 0 unspecified atom stereocenters. The Labute approximate surface area is 123 Å². The van der Waals surface area contributed by atoms with E-state index in [0.717, 1.165) is 18.7 Å². The normalized spacial score (nSPS) is 10.3. The second-order valence-electron chi connectivity index (χ2n) is 4.52. The van der Waals surface area contributed by atoms with Crippen LogP contribution < -0.4 is 5.32 Å². The van der Waals surface area contributed by atoms with Gasteiger partial charge in [0.2, 0.25) is 0 Å². The molecular weight excluding hydrogens is 270 g/mol. The molecule has 1 N–H and O–H groups in total. The van der Waals surface area contributed by atoms with Crippen molar-refractivity contribution in [3.8, 4) is 0 Å². The summed E-state index contributed by atoms with van der Waals surface area (Å²) >= 11 is 1.72. The van der Waals surface area contributed by atoms with E-state index in [0.29, 0.717) is 12.2 Å². The Morgan fingerprint density at radius 3 is 2.85 bits per heavy atom. The molecule has 0 atom stereocenters. The fourth-order valence-electron chi connectivity index (χ4n) is 1.86. The summed E-state index contributed by atoms with van der Waals surface area (Å²) in [6.07, 6.45) is 2.58. The van der Waals surface area contributed by atoms with Gasteiger partial charge in [-0.25, -0.2) is 4.98 Å². The lowest BCUT2D eigenvalue weighted by Gasteiger charge is -2.16. The molecular formula is C15H19N3OS. The van der Waals surface area contributed by atoms with Crippen molar-refractivity contribution < 1.29 is 4.79 Å². The average Bonchev–Trinajstić information content (AvgIpc) is 2.98. The third-order valence-corrected chi connectivity index (χ3v) is 3.92. The standard InChI is InChI=1S/C15H19N3OS/c1-3-16-12-6-7-14(17-11-12)15(19)18(2)9-8-13-5-4-10-20-13/h4-7,10-11,16H,3,8-9H2,1-2H3. The van der Waals surface area contributed by atoms with Crippen LogP contribution in [0, 0.1) is 0 Å². The second kappa shape index (κ2) is 7.05. The number of likely N-dealkylation sites (N-methyl/N-ethyl adjacent to an activating group) is 1. The summed E-state index contributed by atoms with van der Waals surface area (Å²) in [6, 6.07) is 7.77. The van der Waals surface area contributed by atoms with E-state index in [1.165, 1.54) is 4.88 Å². The van der Waals surface area contributed by atoms with Crippen molar-refractivity contribution >= 4 is 22.9 Å². The molecule has 20 heavy (non-hydrogen) atoms. The number of amides is 1. The zero-order valence-corrected chi connectivity index (χ0v) is 12.6. The highest BCUT2D eigenvalue weighted by Crippen LogP contribution is 2.11. The number of hydrogen-bond donors (Lipinski definition) is 1. The monoisotopic (exact) mass is 289 g/mol. The number of nitrogens with zero attached hydrogens (tertiary/aromatic N) is 2. The van der Waals surface area contributed by atoms with E-state index in [4.69, 9.17) is 0 Å². The lowest BCUT2D eigenvalue weighted by atomic mass is 10.2. The Hall–Kier alpha value is -1.88. The fraction of sp³-hybridized carbons (Fsp3) is 0.333. The van der Waals surface area contributed by atoms with Gasteiger partial charge in [0.25, 0.3) is 5.91 Å². The van der Waals surface area contributed by atoms with Gasteiger partial charge >= 0.3 is 0 Å². The molecule has 4 nitrogen and oxygen atoms in total.